The predicted molar refractivity (Wildman–Crippen MR) is 93.7 cm³/mol. The molecule has 2 rings (SSSR count). The second-order valence-electron chi connectivity index (χ2n) is 5.04. The van der Waals surface area contributed by atoms with E-state index in [0.29, 0.717) is 22.7 Å². The molecular weight excluding hydrogens is 306 g/mol. The third-order valence-electron chi connectivity index (χ3n) is 3.34. The third kappa shape index (κ3) is 4.23. The van der Waals surface area contributed by atoms with E-state index in [1.165, 1.54) is 13.0 Å². The molecule has 5 nitrogen and oxygen atoms in total. The maximum atomic E-state index is 12.4. The fourth-order valence-corrected chi connectivity index (χ4v) is 2.21. The molecule has 0 heterocycles. The lowest BCUT2D eigenvalue weighted by atomic mass is 10.1. The Balaban J connectivity index is 2.24. The second-order valence-corrected chi connectivity index (χ2v) is 5.04. The number of ether oxygens (including phenoxy) is 2. The highest BCUT2D eigenvalue weighted by atomic mass is 16.5. The Bertz CT molecular complexity index is 781. The van der Waals surface area contributed by atoms with Crippen LogP contribution in [0.3, 0.4) is 0 Å². The largest absolute Gasteiger partial charge is 0.493 e. The summed E-state index contributed by atoms with van der Waals surface area (Å²) in [7, 11) is 3.12. The Morgan fingerprint density at radius 3 is 2.38 bits per heavy atom. The Morgan fingerprint density at radius 2 is 1.71 bits per heavy atom. The fraction of sp³-hybridized carbons (Fsp3) is 0.158. The van der Waals surface area contributed by atoms with Crippen molar-refractivity contribution in [2.75, 3.05) is 19.5 Å². The highest BCUT2D eigenvalue weighted by Crippen LogP contribution is 2.28. The molecule has 2 aromatic carbocycles. The summed E-state index contributed by atoms with van der Waals surface area (Å²) in [6.07, 6.45) is 3.15. The molecule has 0 radical (unpaired) electrons. The molecule has 24 heavy (non-hydrogen) atoms. The number of benzene rings is 2. The summed E-state index contributed by atoms with van der Waals surface area (Å²) < 4.78 is 10.4. The van der Waals surface area contributed by atoms with E-state index < -0.39 is 0 Å². The van der Waals surface area contributed by atoms with Gasteiger partial charge in [0.1, 0.15) is 0 Å². The summed E-state index contributed by atoms with van der Waals surface area (Å²) in [6.45, 7) is 1.40. The number of rotatable bonds is 6. The molecule has 0 saturated heterocycles. The first-order valence-corrected chi connectivity index (χ1v) is 7.36. The molecule has 0 aromatic heterocycles. The van der Waals surface area contributed by atoms with Crippen LogP contribution < -0.4 is 14.8 Å². The van der Waals surface area contributed by atoms with Crippen LogP contribution in [0.25, 0.3) is 6.08 Å². The first-order chi connectivity index (χ1) is 11.5. The lowest BCUT2D eigenvalue weighted by Crippen LogP contribution is -2.09. The Morgan fingerprint density at radius 1 is 1.00 bits per heavy atom. The van der Waals surface area contributed by atoms with Crippen molar-refractivity contribution in [3.05, 3.63) is 59.7 Å². The van der Waals surface area contributed by atoms with Gasteiger partial charge in [0, 0.05) is 12.5 Å². The van der Waals surface area contributed by atoms with E-state index in [1.54, 1.807) is 56.7 Å². The zero-order chi connectivity index (χ0) is 17.5. The second kappa shape index (κ2) is 7.97. The fourth-order valence-electron chi connectivity index (χ4n) is 2.21. The van der Waals surface area contributed by atoms with Gasteiger partial charge in [0.25, 0.3) is 0 Å². The summed E-state index contributed by atoms with van der Waals surface area (Å²) in [4.78, 5) is 23.6. The maximum absolute atomic E-state index is 12.4. The monoisotopic (exact) mass is 325 g/mol. The average molecular weight is 325 g/mol. The van der Waals surface area contributed by atoms with E-state index in [0.717, 1.165) is 5.56 Å². The highest BCUT2D eigenvalue weighted by Gasteiger charge is 2.09. The van der Waals surface area contributed by atoms with Gasteiger partial charge in [-0.05, 0) is 35.9 Å². The van der Waals surface area contributed by atoms with Crippen molar-refractivity contribution < 1.29 is 19.1 Å². The van der Waals surface area contributed by atoms with Crippen molar-refractivity contribution in [2.45, 2.75) is 6.92 Å². The summed E-state index contributed by atoms with van der Waals surface area (Å²) in [5, 5.41) is 2.66. The molecular formula is C19H19NO4. The number of methoxy groups -OCH3 is 2. The lowest BCUT2D eigenvalue weighted by Gasteiger charge is -2.08. The van der Waals surface area contributed by atoms with Gasteiger partial charge in [0.05, 0.1) is 19.9 Å². The van der Waals surface area contributed by atoms with Gasteiger partial charge in [-0.2, -0.15) is 0 Å². The molecule has 0 unspecified atom stereocenters. The summed E-state index contributed by atoms with van der Waals surface area (Å²) in [6, 6.07) is 12.3. The quantitative estimate of drug-likeness (QED) is 0.651. The van der Waals surface area contributed by atoms with Crippen molar-refractivity contribution in [3.63, 3.8) is 0 Å². The van der Waals surface area contributed by atoms with Crippen molar-refractivity contribution in [1.29, 1.82) is 0 Å². The lowest BCUT2D eigenvalue weighted by molar-refractivity contribution is -0.114. The molecule has 0 fully saturated rings. The molecule has 1 N–H and O–H groups in total. The van der Waals surface area contributed by atoms with E-state index in [-0.39, 0.29) is 11.7 Å². The summed E-state index contributed by atoms with van der Waals surface area (Å²) in [5.74, 6) is 0.788. The van der Waals surface area contributed by atoms with Crippen LogP contribution in [0.2, 0.25) is 0 Å². The van der Waals surface area contributed by atoms with Crippen molar-refractivity contribution in [1.82, 2.24) is 0 Å². The topological polar surface area (TPSA) is 64.6 Å². The molecule has 0 bridgehead atoms. The smallest absolute Gasteiger partial charge is 0.221 e. The molecule has 0 spiro atoms. The van der Waals surface area contributed by atoms with E-state index in [2.05, 4.69) is 5.32 Å². The summed E-state index contributed by atoms with van der Waals surface area (Å²) >= 11 is 0. The van der Waals surface area contributed by atoms with Crippen molar-refractivity contribution in [2.24, 2.45) is 0 Å². The van der Waals surface area contributed by atoms with Gasteiger partial charge in [0.15, 0.2) is 17.3 Å². The molecule has 0 aliphatic carbocycles. The van der Waals surface area contributed by atoms with Crippen LogP contribution in [0.15, 0.2) is 48.5 Å². The first kappa shape index (κ1) is 17.3. The maximum Gasteiger partial charge on any atom is 0.221 e. The van der Waals surface area contributed by atoms with Crippen LogP contribution in [0.4, 0.5) is 5.69 Å². The zero-order valence-electron chi connectivity index (χ0n) is 13.8. The Hall–Kier alpha value is -3.08. The molecule has 124 valence electrons. The molecule has 0 saturated carbocycles. The van der Waals surface area contributed by atoms with Crippen LogP contribution in [-0.2, 0) is 4.79 Å². The van der Waals surface area contributed by atoms with Crippen LogP contribution in [0, 0.1) is 0 Å². The van der Waals surface area contributed by atoms with Crippen molar-refractivity contribution >= 4 is 23.5 Å². The molecule has 2 aromatic rings. The molecule has 0 aliphatic rings. The number of allylic oxidation sites excluding steroid dienone is 1. The van der Waals surface area contributed by atoms with Gasteiger partial charge in [0.2, 0.25) is 5.91 Å². The molecule has 1 amide bonds. The predicted octanol–water partition coefficient (Wildman–Crippen LogP) is 3.56. The van der Waals surface area contributed by atoms with Gasteiger partial charge in [-0.3, -0.25) is 9.59 Å². The average Bonchev–Trinajstić information content (AvgIpc) is 2.59. The number of hydrogen-bond donors (Lipinski definition) is 1. The standard InChI is InChI=1S/C19H19NO4/c1-13(21)20-16-7-5-4-6-15(16)17(22)10-8-14-9-11-18(23-2)19(12-14)24-3/h4-12H,1-3H3,(H,20,21). The van der Waals surface area contributed by atoms with Crippen LogP contribution in [0.5, 0.6) is 11.5 Å². The minimum atomic E-state index is -0.223. The summed E-state index contributed by atoms with van der Waals surface area (Å²) in [5.41, 5.74) is 1.73. The third-order valence-corrected chi connectivity index (χ3v) is 3.34. The van der Waals surface area contributed by atoms with Crippen molar-refractivity contribution in [3.8, 4) is 11.5 Å². The number of ketones is 1. The van der Waals surface area contributed by atoms with Gasteiger partial charge >= 0.3 is 0 Å². The number of amides is 1. The number of para-hydroxylation sites is 1. The SMILES string of the molecule is COc1ccc(C=CC(=O)c2ccccc2NC(C)=O)cc1OC. The number of carbonyl (C=O) groups excluding carboxylic acids is 2. The highest BCUT2D eigenvalue weighted by molar-refractivity contribution is 6.11. The van der Waals surface area contributed by atoms with Crippen LogP contribution in [-0.4, -0.2) is 25.9 Å². The van der Waals surface area contributed by atoms with E-state index >= 15 is 0 Å². The minimum Gasteiger partial charge on any atom is -0.493 e. The van der Waals surface area contributed by atoms with Crippen LogP contribution in [0.1, 0.15) is 22.8 Å². The Labute approximate surface area is 140 Å². The van der Waals surface area contributed by atoms with Gasteiger partial charge in [-0.1, -0.05) is 24.3 Å². The zero-order valence-corrected chi connectivity index (χ0v) is 13.8. The number of anilines is 1. The van der Waals surface area contributed by atoms with Crippen LogP contribution >= 0.6 is 0 Å². The molecule has 0 aliphatic heterocycles. The number of hydrogen-bond acceptors (Lipinski definition) is 4. The van der Waals surface area contributed by atoms with E-state index in [9.17, 15) is 9.59 Å². The van der Waals surface area contributed by atoms with Gasteiger partial charge < -0.3 is 14.8 Å². The minimum absolute atomic E-state index is 0.200. The normalized spacial score (nSPS) is 10.5. The van der Waals surface area contributed by atoms with E-state index in [1.807, 2.05) is 6.07 Å². The number of nitrogens with one attached hydrogen (secondary N) is 1. The first-order valence-electron chi connectivity index (χ1n) is 7.36. The molecule has 5 heteroatoms. The van der Waals surface area contributed by atoms with Gasteiger partial charge in [-0.15, -0.1) is 0 Å². The van der Waals surface area contributed by atoms with Gasteiger partial charge in [-0.25, -0.2) is 0 Å². The molecule has 0 atom stereocenters. The number of carbonyl (C=O) groups is 2. The van der Waals surface area contributed by atoms with E-state index in [4.69, 9.17) is 9.47 Å². The Kier molecular flexibility index (Phi) is 5.73.